The van der Waals surface area contributed by atoms with Crippen molar-refractivity contribution in [3.05, 3.63) is 0 Å². The Bertz CT molecular complexity index is 403. The normalized spacial score (nSPS) is 24.8. The van der Waals surface area contributed by atoms with Crippen LogP contribution in [0.15, 0.2) is 0 Å². The molecule has 21 heavy (non-hydrogen) atoms. The molecule has 0 spiro atoms. The molecule has 1 fully saturated rings. The minimum atomic E-state index is -0.800. The van der Waals surface area contributed by atoms with E-state index in [0.29, 0.717) is 19.1 Å². The summed E-state index contributed by atoms with van der Waals surface area (Å²) < 4.78 is 5.03. The zero-order valence-corrected chi connectivity index (χ0v) is 12.2. The van der Waals surface area contributed by atoms with E-state index in [-0.39, 0.29) is 24.5 Å². The van der Waals surface area contributed by atoms with E-state index >= 15 is 0 Å². The van der Waals surface area contributed by atoms with Gasteiger partial charge in [0.15, 0.2) is 0 Å². The average molecular weight is 298 g/mol. The summed E-state index contributed by atoms with van der Waals surface area (Å²) in [6.07, 6.45) is 3.99. The van der Waals surface area contributed by atoms with Gasteiger partial charge in [-0.15, -0.1) is 0 Å². The van der Waals surface area contributed by atoms with Crippen LogP contribution in [0.1, 0.15) is 51.9 Å². The Balaban J connectivity index is 2.35. The summed E-state index contributed by atoms with van der Waals surface area (Å²) in [5.74, 6) is -2.21. The maximum absolute atomic E-state index is 11.9. The van der Waals surface area contributed by atoms with Gasteiger partial charge in [-0.25, -0.2) is 0 Å². The number of ether oxygens (including phenoxy) is 1. The topological polar surface area (TPSA) is 97.7 Å². The molecule has 0 bridgehead atoms. The molecule has 3 atom stereocenters. The van der Waals surface area contributed by atoms with Gasteiger partial charge in [-0.2, -0.15) is 0 Å². The van der Waals surface area contributed by atoms with Gasteiger partial charge in [0.25, 0.3) is 0 Å². The van der Waals surface area contributed by atoms with Crippen molar-refractivity contribution in [2.45, 2.75) is 58.0 Å². The summed E-state index contributed by atoms with van der Waals surface area (Å²) >= 11 is 0. The summed E-state index contributed by atoms with van der Waals surface area (Å²) in [6, 6.07) is 0. The zero-order chi connectivity index (χ0) is 15.8. The first-order valence-electron chi connectivity index (χ1n) is 7.32. The molecule has 1 aliphatic rings. The summed E-state index contributed by atoms with van der Waals surface area (Å²) in [4.78, 5) is 44.4. The Hall–Kier alpha value is -1.72. The second-order valence-corrected chi connectivity index (χ2v) is 5.48. The van der Waals surface area contributed by atoms with Crippen LogP contribution in [0.3, 0.4) is 0 Å². The number of aldehydes is 1. The number of esters is 1. The monoisotopic (exact) mass is 298 g/mol. The highest BCUT2D eigenvalue weighted by Gasteiger charge is 2.43. The number of ketones is 1. The predicted octanol–water partition coefficient (Wildman–Crippen LogP) is 1.75. The van der Waals surface area contributed by atoms with Gasteiger partial charge in [0.1, 0.15) is 18.2 Å². The maximum Gasteiger partial charge on any atom is 0.303 e. The molecule has 0 aromatic heterocycles. The van der Waals surface area contributed by atoms with Crippen LogP contribution >= 0.6 is 0 Å². The third-order valence-corrected chi connectivity index (χ3v) is 3.84. The van der Waals surface area contributed by atoms with Crippen LogP contribution in [0.5, 0.6) is 0 Å². The van der Waals surface area contributed by atoms with Gasteiger partial charge in [0.2, 0.25) is 0 Å². The largest absolute Gasteiger partial charge is 0.481 e. The molecule has 0 radical (unpaired) electrons. The number of hydrogen-bond donors (Lipinski definition) is 1. The van der Waals surface area contributed by atoms with E-state index in [2.05, 4.69) is 0 Å². The first-order valence-corrected chi connectivity index (χ1v) is 7.32. The number of hydrogen-bond acceptors (Lipinski definition) is 5. The summed E-state index contributed by atoms with van der Waals surface area (Å²) in [5, 5.41) is 8.52. The second-order valence-electron chi connectivity index (χ2n) is 5.48. The lowest BCUT2D eigenvalue weighted by atomic mass is 9.90. The van der Waals surface area contributed by atoms with Gasteiger partial charge in [-0.05, 0) is 12.8 Å². The number of aliphatic carboxylic acids is 1. The molecule has 6 nitrogen and oxygen atoms in total. The van der Waals surface area contributed by atoms with E-state index < -0.39 is 24.0 Å². The van der Waals surface area contributed by atoms with Crippen LogP contribution < -0.4 is 0 Å². The third kappa shape index (κ3) is 5.65. The van der Waals surface area contributed by atoms with E-state index in [9.17, 15) is 19.2 Å². The Morgan fingerprint density at radius 2 is 1.95 bits per heavy atom. The number of carboxylic acid groups (broad SMARTS) is 1. The molecule has 1 aliphatic carbocycles. The molecule has 0 amide bonds. The van der Waals surface area contributed by atoms with Crippen molar-refractivity contribution in [2.24, 2.45) is 11.8 Å². The number of carbonyl (C=O) groups excluding carboxylic acids is 3. The van der Waals surface area contributed by atoms with E-state index in [1.54, 1.807) is 0 Å². The molecule has 6 heteroatoms. The Morgan fingerprint density at radius 1 is 1.29 bits per heavy atom. The van der Waals surface area contributed by atoms with Crippen molar-refractivity contribution in [2.75, 3.05) is 0 Å². The quantitative estimate of drug-likeness (QED) is 0.395. The lowest BCUT2D eigenvalue weighted by Crippen LogP contribution is -2.26. The van der Waals surface area contributed by atoms with Gasteiger partial charge in [0, 0.05) is 25.7 Å². The fourth-order valence-electron chi connectivity index (χ4n) is 2.82. The number of carboxylic acids is 1. The number of carbonyl (C=O) groups is 4. The van der Waals surface area contributed by atoms with Crippen molar-refractivity contribution in [3.63, 3.8) is 0 Å². The molecular formula is C15H22O6. The molecule has 0 saturated heterocycles. The lowest BCUT2D eigenvalue weighted by molar-refractivity contribution is -0.149. The molecule has 3 unspecified atom stereocenters. The fourth-order valence-corrected chi connectivity index (χ4v) is 2.82. The van der Waals surface area contributed by atoms with Crippen LogP contribution in [0.25, 0.3) is 0 Å². The SMILES string of the molecule is CC(=O)OC1CC(=O)C(CCCCCCC(=O)O)C1C=O. The van der Waals surface area contributed by atoms with Crippen molar-refractivity contribution < 1.29 is 29.0 Å². The maximum atomic E-state index is 11.9. The summed E-state index contributed by atoms with van der Waals surface area (Å²) in [7, 11) is 0. The van der Waals surface area contributed by atoms with Crippen molar-refractivity contribution in [1.82, 2.24) is 0 Å². The van der Waals surface area contributed by atoms with Crippen LogP contribution in [0.2, 0.25) is 0 Å². The highest BCUT2D eigenvalue weighted by Crippen LogP contribution is 2.33. The van der Waals surface area contributed by atoms with Crippen LogP contribution in [-0.4, -0.2) is 35.2 Å². The molecule has 0 aromatic carbocycles. The van der Waals surface area contributed by atoms with Crippen LogP contribution in [0.4, 0.5) is 0 Å². The molecule has 0 aliphatic heterocycles. The average Bonchev–Trinajstić information content (AvgIpc) is 2.68. The minimum Gasteiger partial charge on any atom is -0.481 e. The first-order chi connectivity index (χ1) is 9.95. The van der Waals surface area contributed by atoms with E-state index in [1.807, 2.05) is 0 Å². The predicted molar refractivity (Wildman–Crippen MR) is 73.6 cm³/mol. The minimum absolute atomic E-state index is 0.0242. The smallest absolute Gasteiger partial charge is 0.303 e. The summed E-state index contributed by atoms with van der Waals surface area (Å²) in [5.41, 5.74) is 0. The Morgan fingerprint density at radius 3 is 2.52 bits per heavy atom. The zero-order valence-electron chi connectivity index (χ0n) is 12.2. The Kier molecular flexibility index (Phi) is 7.05. The first kappa shape index (κ1) is 17.3. The lowest BCUT2D eigenvalue weighted by Gasteiger charge is -2.17. The number of rotatable bonds is 9. The van der Waals surface area contributed by atoms with Gasteiger partial charge in [0.05, 0.1) is 5.92 Å². The van der Waals surface area contributed by atoms with Crippen LogP contribution in [0, 0.1) is 11.8 Å². The van der Waals surface area contributed by atoms with Crippen LogP contribution in [-0.2, 0) is 23.9 Å². The third-order valence-electron chi connectivity index (χ3n) is 3.84. The molecule has 1 rings (SSSR count). The molecule has 0 heterocycles. The molecule has 0 aromatic rings. The van der Waals surface area contributed by atoms with Gasteiger partial charge < -0.3 is 14.6 Å². The van der Waals surface area contributed by atoms with E-state index in [4.69, 9.17) is 9.84 Å². The van der Waals surface area contributed by atoms with Crippen molar-refractivity contribution in [3.8, 4) is 0 Å². The number of Topliss-reactive ketones (excluding diaryl/α,β-unsaturated/α-hetero) is 1. The fraction of sp³-hybridized carbons (Fsp3) is 0.733. The standard InChI is InChI=1S/C15H22O6/c1-10(17)21-14-8-13(18)11(12(14)9-16)6-4-2-3-5-7-15(19)20/h9,11-12,14H,2-8H2,1H3,(H,19,20). The van der Waals surface area contributed by atoms with Gasteiger partial charge in [-0.3, -0.25) is 14.4 Å². The highest BCUT2D eigenvalue weighted by atomic mass is 16.5. The second kappa shape index (κ2) is 8.54. The molecule has 118 valence electrons. The van der Waals surface area contributed by atoms with Crippen molar-refractivity contribution >= 4 is 24.0 Å². The molecule has 1 saturated carbocycles. The van der Waals surface area contributed by atoms with E-state index in [1.165, 1.54) is 6.92 Å². The Labute approximate surface area is 123 Å². The molecule has 1 N–H and O–H groups in total. The number of unbranched alkanes of at least 4 members (excludes halogenated alkanes) is 3. The highest BCUT2D eigenvalue weighted by molar-refractivity contribution is 5.88. The van der Waals surface area contributed by atoms with Gasteiger partial charge >= 0.3 is 11.9 Å². The van der Waals surface area contributed by atoms with Crippen molar-refractivity contribution in [1.29, 1.82) is 0 Å². The molecular weight excluding hydrogens is 276 g/mol. The van der Waals surface area contributed by atoms with Gasteiger partial charge in [-0.1, -0.05) is 19.3 Å². The van der Waals surface area contributed by atoms with E-state index in [0.717, 1.165) is 19.3 Å². The summed E-state index contributed by atoms with van der Waals surface area (Å²) in [6.45, 7) is 1.27.